The molecule has 18 heavy (non-hydrogen) atoms. The normalized spacial score (nSPS) is 19.3. The highest BCUT2D eigenvalue weighted by Gasteiger charge is 2.25. The first-order valence-corrected chi connectivity index (χ1v) is 7.42. The van der Waals surface area contributed by atoms with Crippen molar-refractivity contribution in [2.45, 2.75) is 6.42 Å². The lowest BCUT2D eigenvalue weighted by Gasteiger charge is -2.19. The third kappa shape index (κ3) is 2.84. The molecular formula is C11H13FN2O3S. The smallest absolute Gasteiger partial charge is 0.275 e. The molecule has 0 unspecified atom stereocenters. The van der Waals surface area contributed by atoms with Gasteiger partial charge in [-0.15, -0.1) is 0 Å². The molecule has 1 aromatic heterocycles. The first kappa shape index (κ1) is 12.9. The van der Waals surface area contributed by atoms with Crippen molar-refractivity contribution in [2.75, 3.05) is 24.6 Å². The van der Waals surface area contributed by atoms with Crippen LogP contribution in [0.1, 0.15) is 16.9 Å². The van der Waals surface area contributed by atoms with E-state index >= 15 is 0 Å². The summed E-state index contributed by atoms with van der Waals surface area (Å²) in [5.41, 5.74) is -0.253. The van der Waals surface area contributed by atoms with Crippen LogP contribution >= 0.6 is 0 Å². The number of carbonyl (C=O) groups is 1. The summed E-state index contributed by atoms with van der Waals surface area (Å²) in [5, 5.41) is 0. The van der Waals surface area contributed by atoms with Crippen LogP contribution in [0.25, 0.3) is 0 Å². The number of carbonyl (C=O) groups excluding carboxylic acids is 1. The van der Waals surface area contributed by atoms with E-state index in [2.05, 4.69) is 4.98 Å². The SMILES string of the molecule is O=C(c1ncccc1F)N1CCCS(=O)(=O)CC1. The Morgan fingerprint density at radius 2 is 2.11 bits per heavy atom. The van der Waals surface area contributed by atoms with Gasteiger partial charge in [0.15, 0.2) is 21.3 Å². The van der Waals surface area contributed by atoms with E-state index in [1.54, 1.807) is 0 Å². The third-order valence-electron chi connectivity index (χ3n) is 2.80. The van der Waals surface area contributed by atoms with Crippen LogP contribution in [0, 0.1) is 5.82 Å². The zero-order valence-corrected chi connectivity index (χ0v) is 10.5. The van der Waals surface area contributed by atoms with E-state index in [1.165, 1.54) is 17.2 Å². The molecule has 7 heteroatoms. The fraction of sp³-hybridized carbons (Fsp3) is 0.455. The summed E-state index contributed by atoms with van der Waals surface area (Å²) in [4.78, 5) is 17.1. The predicted octanol–water partition coefficient (Wildman–Crippen LogP) is 0.481. The lowest BCUT2D eigenvalue weighted by atomic mass is 10.3. The molecule has 0 aromatic carbocycles. The zero-order valence-electron chi connectivity index (χ0n) is 9.67. The van der Waals surface area contributed by atoms with Crippen molar-refractivity contribution < 1.29 is 17.6 Å². The van der Waals surface area contributed by atoms with Crippen molar-refractivity contribution in [1.29, 1.82) is 0 Å². The van der Waals surface area contributed by atoms with Crippen LogP contribution in [-0.2, 0) is 9.84 Å². The van der Waals surface area contributed by atoms with Crippen molar-refractivity contribution in [1.82, 2.24) is 9.88 Å². The Balaban J connectivity index is 2.17. The van der Waals surface area contributed by atoms with Crippen LogP contribution in [-0.4, -0.2) is 48.8 Å². The molecule has 0 spiro atoms. The second-order valence-electron chi connectivity index (χ2n) is 4.13. The minimum absolute atomic E-state index is 0.0709. The van der Waals surface area contributed by atoms with Crippen LogP contribution in [0.5, 0.6) is 0 Å². The number of nitrogens with zero attached hydrogens (tertiary/aromatic N) is 2. The van der Waals surface area contributed by atoms with Crippen LogP contribution in [0.4, 0.5) is 4.39 Å². The molecule has 1 amide bonds. The summed E-state index contributed by atoms with van der Waals surface area (Å²) in [6.07, 6.45) is 1.72. The molecule has 1 saturated heterocycles. The Morgan fingerprint density at radius 3 is 2.83 bits per heavy atom. The van der Waals surface area contributed by atoms with Gasteiger partial charge in [-0.25, -0.2) is 17.8 Å². The van der Waals surface area contributed by atoms with Gasteiger partial charge >= 0.3 is 0 Å². The highest BCUT2D eigenvalue weighted by Crippen LogP contribution is 2.11. The van der Waals surface area contributed by atoms with Crippen LogP contribution < -0.4 is 0 Å². The Labute approximate surface area is 105 Å². The van der Waals surface area contributed by atoms with E-state index in [9.17, 15) is 17.6 Å². The van der Waals surface area contributed by atoms with Gasteiger partial charge < -0.3 is 4.90 Å². The fourth-order valence-electron chi connectivity index (χ4n) is 1.83. The highest BCUT2D eigenvalue weighted by atomic mass is 32.2. The van der Waals surface area contributed by atoms with E-state index in [0.29, 0.717) is 13.0 Å². The number of hydrogen-bond acceptors (Lipinski definition) is 4. The number of hydrogen-bond donors (Lipinski definition) is 0. The summed E-state index contributed by atoms with van der Waals surface area (Å²) in [7, 11) is -3.09. The van der Waals surface area contributed by atoms with E-state index in [0.717, 1.165) is 6.07 Å². The number of pyridine rings is 1. The summed E-state index contributed by atoms with van der Waals surface area (Å²) in [6.45, 7) is 0.408. The monoisotopic (exact) mass is 272 g/mol. The molecule has 1 aliphatic rings. The Morgan fingerprint density at radius 1 is 1.33 bits per heavy atom. The van der Waals surface area contributed by atoms with Crippen molar-refractivity contribution >= 4 is 15.7 Å². The van der Waals surface area contributed by atoms with Gasteiger partial charge in [0.2, 0.25) is 0 Å². The minimum atomic E-state index is -3.09. The molecule has 1 aliphatic heterocycles. The first-order valence-electron chi connectivity index (χ1n) is 5.60. The van der Waals surface area contributed by atoms with Gasteiger partial charge in [0.1, 0.15) is 0 Å². The van der Waals surface area contributed by atoms with Crippen molar-refractivity contribution in [3.8, 4) is 0 Å². The van der Waals surface area contributed by atoms with Gasteiger partial charge in [0.05, 0.1) is 11.5 Å². The number of rotatable bonds is 1. The number of amides is 1. The average molecular weight is 272 g/mol. The van der Waals surface area contributed by atoms with Crippen LogP contribution in [0.3, 0.4) is 0 Å². The molecule has 0 bridgehead atoms. The molecule has 2 heterocycles. The van der Waals surface area contributed by atoms with E-state index in [1.807, 2.05) is 0 Å². The van der Waals surface area contributed by atoms with Gasteiger partial charge in [-0.2, -0.15) is 0 Å². The Kier molecular flexibility index (Phi) is 3.60. The van der Waals surface area contributed by atoms with Gasteiger partial charge in [0, 0.05) is 19.3 Å². The first-order chi connectivity index (χ1) is 8.49. The van der Waals surface area contributed by atoms with E-state index in [4.69, 9.17) is 0 Å². The molecule has 2 rings (SSSR count). The Hall–Kier alpha value is -1.50. The number of aromatic nitrogens is 1. The maximum atomic E-state index is 13.4. The molecule has 0 atom stereocenters. The van der Waals surface area contributed by atoms with E-state index in [-0.39, 0.29) is 23.7 Å². The Bertz CT molecular complexity index is 559. The zero-order chi connectivity index (χ0) is 13.2. The molecule has 98 valence electrons. The molecule has 5 nitrogen and oxygen atoms in total. The van der Waals surface area contributed by atoms with Gasteiger partial charge in [-0.3, -0.25) is 4.79 Å². The van der Waals surface area contributed by atoms with Crippen molar-refractivity contribution in [3.05, 3.63) is 29.8 Å². The third-order valence-corrected chi connectivity index (χ3v) is 4.52. The van der Waals surface area contributed by atoms with Crippen molar-refractivity contribution in [2.24, 2.45) is 0 Å². The average Bonchev–Trinajstić information content (AvgIpc) is 2.50. The molecule has 0 saturated carbocycles. The molecule has 0 N–H and O–H groups in total. The lowest BCUT2D eigenvalue weighted by Crippen LogP contribution is -2.34. The molecule has 0 aliphatic carbocycles. The standard InChI is InChI=1S/C11H13FN2O3S/c12-9-3-1-4-13-10(9)11(15)14-5-2-7-18(16,17)8-6-14/h1,3-4H,2,5-8H2. The minimum Gasteiger partial charge on any atom is -0.336 e. The van der Waals surface area contributed by atoms with Crippen LogP contribution in [0.2, 0.25) is 0 Å². The van der Waals surface area contributed by atoms with E-state index < -0.39 is 21.6 Å². The van der Waals surface area contributed by atoms with Crippen molar-refractivity contribution in [3.63, 3.8) is 0 Å². The summed E-state index contributed by atoms with van der Waals surface area (Å²) < 4.78 is 36.2. The second-order valence-corrected chi connectivity index (χ2v) is 6.44. The highest BCUT2D eigenvalue weighted by molar-refractivity contribution is 7.91. The van der Waals surface area contributed by atoms with Gasteiger partial charge in [-0.1, -0.05) is 0 Å². The second kappa shape index (κ2) is 5.01. The quantitative estimate of drug-likeness (QED) is 0.746. The van der Waals surface area contributed by atoms with Crippen LogP contribution in [0.15, 0.2) is 18.3 Å². The number of sulfone groups is 1. The number of halogens is 1. The summed E-state index contributed by atoms with van der Waals surface area (Å²) in [5.74, 6) is -1.24. The predicted molar refractivity (Wildman–Crippen MR) is 63.4 cm³/mol. The molecule has 1 aromatic rings. The lowest BCUT2D eigenvalue weighted by molar-refractivity contribution is 0.0757. The van der Waals surface area contributed by atoms with Gasteiger partial charge in [-0.05, 0) is 18.6 Å². The summed E-state index contributed by atoms with van der Waals surface area (Å²) in [6, 6.07) is 2.56. The largest absolute Gasteiger partial charge is 0.336 e. The topological polar surface area (TPSA) is 67.3 Å². The molecule has 1 fully saturated rings. The molecular weight excluding hydrogens is 259 g/mol. The molecule has 0 radical (unpaired) electrons. The fourth-order valence-corrected chi connectivity index (χ4v) is 3.11. The maximum Gasteiger partial charge on any atom is 0.275 e. The van der Waals surface area contributed by atoms with Gasteiger partial charge in [0.25, 0.3) is 5.91 Å². The summed E-state index contributed by atoms with van der Waals surface area (Å²) >= 11 is 0. The maximum absolute atomic E-state index is 13.4.